The van der Waals surface area contributed by atoms with Crippen molar-refractivity contribution in [3.05, 3.63) is 70.6 Å². The molecule has 0 bridgehead atoms. The molecular formula is C24H27N6O. The fraction of sp³-hybridized carbons (Fsp3) is 0.417. The van der Waals surface area contributed by atoms with Crippen molar-refractivity contribution in [2.75, 3.05) is 19.6 Å². The van der Waals surface area contributed by atoms with E-state index in [1.165, 1.54) is 61.9 Å². The van der Waals surface area contributed by atoms with E-state index >= 15 is 0 Å². The second-order valence-corrected chi connectivity index (χ2v) is 8.56. The van der Waals surface area contributed by atoms with Crippen molar-refractivity contribution in [3.8, 4) is 0 Å². The molecule has 3 aliphatic rings. The Morgan fingerprint density at radius 2 is 2.03 bits per heavy atom. The van der Waals surface area contributed by atoms with Gasteiger partial charge in [0.25, 0.3) is 0 Å². The minimum Gasteiger partial charge on any atom is -0.445 e. The topological polar surface area (TPSA) is 88.7 Å². The van der Waals surface area contributed by atoms with Gasteiger partial charge in [0.2, 0.25) is 5.88 Å². The third-order valence-corrected chi connectivity index (χ3v) is 6.42. The highest BCUT2D eigenvalue weighted by Gasteiger charge is 2.31. The molecule has 0 atom stereocenters. The third kappa shape index (κ3) is 4.10. The van der Waals surface area contributed by atoms with Crippen LogP contribution in [0.3, 0.4) is 0 Å². The molecule has 0 aromatic carbocycles. The van der Waals surface area contributed by atoms with Crippen LogP contribution in [0, 0.1) is 6.92 Å². The molecule has 0 amide bonds. The number of likely N-dealkylation sites (tertiary alicyclic amines) is 1. The molecular weight excluding hydrogens is 388 g/mol. The number of aromatic amines is 1. The SMILES string of the molecule is Cc1[nH]c(C=C2C=COC(N=[N])=C2c2cncnc2)c(C2CC2)c1CCN1CCCC1. The van der Waals surface area contributed by atoms with E-state index in [4.69, 9.17) is 4.74 Å². The lowest BCUT2D eigenvalue weighted by atomic mass is 9.95. The third-order valence-electron chi connectivity index (χ3n) is 6.42. The van der Waals surface area contributed by atoms with E-state index in [2.05, 4.69) is 38.0 Å². The second kappa shape index (κ2) is 8.59. The van der Waals surface area contributed by atoms with Gasteiger partial charge in [-0.3, -0.25) is 0 Å². The Hall–Kier alpha value is -3.06. The summed E-state index contributed by atoms with van der Waals surface area (Å²) in [7, 11) is 0. The number of allylic oxidation sites excluding steroid dienone is 3. The van der Waals surface area contributed by atoms with Crippen LogP contribution in [0.25, 0.3) is 11.6 Å². The molecule has 2 aromatic rings. The van der Waals surface area contributed by atoms with Crippen molar-refractivity contribution in [1.29, 1.82) is 0 Å². The van der Waals surface area contributed by atoms with Crippen LogP contribution in [0.2, 0.25) is 0 Å². The lowest BCUT2D eigenvalue weighted by Crippen LogP contribution is -2.22. The average molecular weight is 416 g/mol. The fourth-order valence-corrected chi connectivity index (χ4v) is 4.77. The minimum absolute atomic E-state index is 0.147. The number of rotatable bonds is 7. The summed E-state index contributed by atoms with van der Waals surface area (Å²) >= 11 is 0. The van der Waals surface area contributed by atoms with Crippen LogP contribution in [-0.2, 0) is 11.2 Å². The Bertz CT molecular complexity index is 1060. The maximum atomic E-state index is 9.51. The Kier molecular flexibility index (Phi) is 5.51. The zero-order chi connectivity index (χ0) is 21.2. The summed E-state index contributed by atoms with van der Waals surface area (Å²) in [6.07, 6.45) is 16.7. The number of hydrogen-bond donors (Lipinski definition) is 1. The molecule has 7 nitrogen and oxygen atoms in total. The second-order valence-electron chi connectivity index (χ2n) is 8.56. The predicted molar refractivity (Wildman–Crippen MR) is 119 cm³/mol. The summed E-state index contributed by atoms with van der Waals surface area (Å²) in [4.78, 5) is 14.5. The highest BCUT2D eigenvalue weighted by molar-refractivity contribution is 5.88. The van der Waals surface area contributed by atoms with Gasteiger partial charge in [-0.05, 0) is 92.4 Å². The first kappa shape index (κ1) is 19.9. The molecule has 4 heterocycles. The van der Waals surface area contributed by atoms with Gasteiger partial charge in [0.05, 0.1) is 11.8 Å². The first-order valence-corrected chi connectivity index (χ1v) is 11.1. The molecule has 2 aromatic heterocycles. The molecule has 2 aliphatic heterocycles. The molecule has 0 spiro atoms. The highest BCUT2D eigenvalue weighted by atomic mass is 16.5. The molecule has 1 saturated heterocycles. The Morgan fingerprint density at radius 1 is 1.26 bits per heavy atom. The van der Waals surface area contributed by atoms with Gasteiger partial charge in [-0.15, -0.1) is 0 Å². The van der Waals surface area contributed by atoms with E-state index in [0.29, 0.717) is 11.5 Å². The summed E-state index contributed by atoms with van der Waals surface area (Å²) in [5, 5.41) is 3.36. The molecule has 1 N–H and O–H groups in total. The lowest BCUT2D eigenvalue weighted by Gasteiger charge is -2.16. The van der Waals surface area contributed by atoms with E-state index in [-0.39, 0.29) is 5.88 Å². The molecule has 31 heavy (non-hydrogen) atoms. The number of H-pyrrole nitrogens is 1. The van der Waals surface area contributed by atoms with Crippen LogP contribution in [0.15, 0.2) is 47.6 Å². The molecule has 2 fully saturated rings. The quantitative estimate of drug-likeness (QED) is 0.687. The Morgan fingerprint density at radius 3 is 2.74 bits per heavy atom. The van der Waals surface area contributed by atoms with Crippen molar-refractivity contribution in [1.82, 2.24) is 25.4 Å². The number of ether oxygens (including phenoxy) is 1. The summed E-state index contributed by atoms with van der Waals surface area (Å²) in [6, 6.07) is 0. The number of aryl methyl sites for hydroxylation is 1. The number of nitrogens with zero attached hydrogens (tertiary/aromatic N) is 5. The van der Waals surface area contributed by atoms with Crippen molar-refractivity contribution in [2.24, 2.45) is 5.11 Å². The lowest BCUT2D eigenvalue weighted by molar-refractivity contribution is 0.341. The molecule has 1 saturated carbocycles. The average Bonchev–Trinajstić information content (AvgIpc) is 3.40. The summed E-state index contributed by atoms with van der Waals surface area (Å²) in [5.41, 5.74) is 17.2. The summed E-state index contributed by atoms with van der Waals surface area (Å²) in [5.74, 6) is 0.776. The maximum Gasteiger partial charge on any atom is 0.248 e. The smallest absolute Gasteiger partial charge is 0.248 e. The van der Waals surface area contributed by atoms with Gasteiger partial charge in [-0.1, -0.05) is 5.11 Å². The van der Waals surface area contributed by atoms with Crippen molar-refractivity contribution in [3.63, 3.8) is 0 Å². The van der Waals surface area contributed by atoms with Crippen LogP contribution in [0.1, 0.15) is 59.7 Å². The molecule has 159 valence electrons. The van der Waals surface area contributed by atoms with Crippen LogP contribution in [0.5, 0.6) is 0 Å². The van der Waals surface area contributed by atoms with Crippen LogP contribution < -0.4 is 5.53 Å². The fourth-order valence-electron chi connectivity index (χ4n) is 4.77. The van der Waals surface area contributed by atoms with E-state index in [1.807, 2.05) is 6.08 Å². The molecule has 0 unspecified atom stereocenters. The summed E-state index contributed by atoms with van der Waals surface area (Å²) < 4.78 is 5.45. The molecule has 1 aliphatic carbocycles. The first-order valence-electron chi connectivity index (χ1n) is 11.1. The number of aromatic nitrogens is 3. The standard InChI is InChI=1S/C24H27N6O/c1-16-20(6-10-30-8-2-3-9-30)23(17-4-5-17)21(28-16)12-18-7-11-31-24(29-25)22(18)19-13-26-15-27-14-19/h7,11-15,17,28H,2-6,8-10H2,1H3. The zero-order valence-corrected chi connectivity index (χ0v) is 17.8. The van der Waals surface area contributed by atoms with Crippen LogP contribution in [0.4, 0.5) is 0 Å². The van der Waals surface area contributed by atoms with E-state index < -0.39 is 0 Å². The number of hydrogen-bond acceptors (Lipinski definition) is 5. The van der Waals surface area contributed by atoms with Crippen molar-refractivity contribution < 1.29 is 4.74 Å². The van der Waals surface area contributed by atoms with Crippen LogP contribution >= 0.6 is 0 Å². The van der Waals surface area contributed by atoms with Gasteiger partial charge in [-0.2, -0.15) is 0 Å². The van der Waals surface area contributed by atoms with Gasteiger partial charge in [0.15, 0.2) is 0 Å². The van der Waals surface area contributed by atoms with Gasteiger partial charge in [-0.25, -0.2) is 9.97 Å². The zero-order valence-electron chi connectivity index (χ0n) is 17.8. The highest BCUT2D eigenvalue weighted by Crippen LogP contribution is 2.45. The Labute approximate surface area is 182 Å². The monoisotopic (exact) mass is 415 g/mol. The van der Waals surface area contributed by atoms with Gasteiger partial charge in [0, 0.05) is 35.9 Å². The minimum atomic E-state index is 0.147. The van der Waals surface area contributed by atoms with Gasteiger partial charge < -0.3 is 14.6 Å². The molecule has 7 heteroatoms. The van der Waals surface area contributed by atoms with E-state index in [9.17, 15) is 5.53 Å². The number of nitrogens with one attached hydrogen (secondary N) is 1. The van der Waals surface area contributed by atoms with Gasteiger partial charge in [0.1, 0.15) is 6.33 Å². The maximum absolute atomic E-state index is 9.51. The van der Waals surface area contributed by atoms with Crippen molar-refractivity contribution >= 4 is 11.6 Å². The van der Waals surface area contributed by atoms with Crippen LogP contribution in [-0.4, -0.2) is 39.5 Å². The largest absolute Gasteiger partial charge is 0.445 e. The molecule has 5 rings (SSSR count). The summed E-state index contributed by atoms with van der Waals surface area (Å²) in [6.45, 7) is 5.76. The van der Waals surface area contributed by atoms with Gasteiger partial charge >= 0.3 is 0 Å². The Balaban J connectivity index is 1.52. The first-order chi connectivity index (χ1) is 15.2. The van der Waals surface area contributed by atoms with E-state index in [1.54, 1.807) is 18.7 Å². The van der Waals surface area contributed by atoms with Crippen molar-refractivity contribution in [2.45, 2.75) is 44.9 Å². The normalized spacial score (nSPS) is 20.5. The molecule has 1 radical (unpaired) electrons. The predicted octanol–water partition coefficient (Wildman–Crippen LogP) is 4.18. The van der Waals surface area contributed by atoms with E-state index in [0.717, 1.165) is 29.8 Å².